The zero-order valence-electron chi connectivity index (χ0n) is 11.2. The van der Waals surface area contributed by atoms with Crippen molar-refractivity contribution in [3.05, 3.63) is 11.8 Å². The van der Waals surface area contributed by atoms with Crippen molar-refractivity contribution in [2.45, 2.75) is 31.0 Å². The first-order valence-corrected chi connectivity index (χ1v) is 7.82. The second-order valence-electron chi connectivity index (χ2n) is 4.52. The Balaban J connectivity index is 2.23. The number of nitrogens with one attached hydrogen (secondary N) is 2. The van der Waals surface area contributed by atoms with Crippen LogP contribution in [0.15, 0.2) is 11.2 Å². The van der Waals surface area contributed by atoms with Gasteiger partial charge in [-0.25, -0.2) is 8.42 Å². The normalized spacial score (nSPS) is 21.7. The van der Waals surface area contributed by atoms with Crippen LogP contribution in [0.25, 0.3) is 0 Å². The molecule has 2 N–H and O–H groups in total. The second kappa shape index (κ2) is 6.00. The van der Waals surface area contributed by atoms with E-state index < -0.39 is 10.0 Å². The van der Waals surface area contributed by atoms with Gasteiger partial charge in [0.05, 0.1) is 18.9 Å². The van der Waals surface area contributed by atoms with Crippen LogP contribution in [0.5, 0.6) is 0 Å². The van der Waals surface area contributed by atoms with E-state index in [1.807, 2.05) is 6.92 Å². The van der Waals surface area contributed by atoms with Crippen LogP contribution >= 0.6 is 0 Å². The summed E-state index contributed by atoms with van der Waals surface area (Å²) in [5.41, 5.74) is 0.655. The van der Waals surface area contributed by atoms with Crippen molar-refractivity contribution >= 4 is 10.0 Å². The molecule has 108 valence electrons. The van der Waals surface area contributed by atoms with Crippen LogP contribution in [-0.2, 0) is 21.3 Å². The van der Waals surface area contributed by atoms with Gasteiger partial charge in [0.15, 0.2) is 5.03 Å². The molecule has 1 aromatic heterocycles. The van der Waals surface area contributed by atoms with E-state index in [0.717, 1.165) is 6.42 Å². The topological polar surface area (TPSA) is 87.3 Å². The molecule has 0 radical (unpaired) electrons. The maximum Gasteiger partial charge on any atom is 0.260 e. The fraction of sp³-hybridized carbons (Fsp3) is 0.727. The number of hydrogen-bond donors (Lipinski definition) is 2. The molecule has 0 spiro atoms. The number of ether oxygens (including phenoxy) is 1. The number of nitrogens with zero attached hydrogens (tertiary/aromatic N) is 2. The Bertz CT molecular complexity index is 514. The van der Waals surface area contributed by atoms with Gasteiger partial charge in [0, 0.05) is 25.2 Å². The highest BCUT2D eigenvalue weighted by Gasteiger charge is 2.32. The minimum Gasteiger partial charge on any atom is -0.375 e. The lowest BCUT2D eigenvalue weighted by atomic mass is 10.2. The van der Waals surface area contributed by atoms with Gasteiger partial charge < -0.3 is 10.1 Å². The zero-order chi connectivity index (χ0) is 13.9. The van der Waals surface area contributed by atoms with Gasteiger partial charge in [-0.2, -0.15) is 9.40 Å². The summed E-state index contributed by atoms with van der Waals surface area (Å²) in [7, 11) is -1.75. The number of morpholine rings is 1. The van der Waals surface area contributed by atoms with E-state index in [-0.39, 0.29) is 11.1 Å². The molecule has 1 unspecified atom stereocenters. The Hall–Kier alpha value is -0.960. The molecule has 1 fully saturated rings. The number of aromatic nitrogens is 2. The highest BCUT2D eigenvalue weighted by Crippen LogP contribution is 2.20. The summed E-state index contributed by atoms with van der Waals surface area (Å²) in [4.78, 5) is 0. The molecular formula is C11H20N4O3S. The predicted octanol–water partition coefficient (Wildman–Crippen LogP) is -0.0714. The van der Waals surface area contributed by atoms with Gasteiger partial charge in [0.1, 0.15) is 0 Å². The van der Waals surface area contributed by atoms with Gasteiger partial charge >= 0.3 is 0 Å². The Kier molecular flexibility index (Phi) is 4.56. The maximum absolute atomic E-state index is 12.6. The first kappa shape index (κ1) is 14.4. The van der Waals surface area contributed by atoms with E-state index >= 15 is 0 Å². The predicted molar refractivity (Wildman–Crippen MR) is 70.1 cm³/mol. The number of hydrogen-bond acceptors (Lipinski definition) is 5. The molecular weight excluding hydrogens is 268 g/mol. The Labute approximate surface area is 113 Å². The molecule has 0 bridgehead atoms. The molecule has 0 aromatic carbocycles. The SMILES string of the molecule is CCC1CN(S(=O)(=O)c2[nH]ncc2CNC)CCO1. The minimum absolute atomic E-state index is 0.0285. The van der Waals surface area contributed by atoms with Crippen molar-refractivity contribution in [2.75, 3.05) is 26.7 Å². The molecule has 2 rings (SSSR count). The van der Waals surface area contributed by atoms with Gasteiger partial charge in [-0.15, -0.1) is 0 Å². The van der Waals surface area contributed by atoms with Crippen molar-refractivity contribution in [3.8, 4) is 0 Å². The van der Waals surface area contributed by atoms with Crippen molar-refractivity contribution in [2.24, 2.45) is 0 Å². The maximum atomic E-state index is 12.6. The average molecular weight is 288 g/mol. The van der Waals surface area contributed by atoms with E-state index in [0.29, 0.717) is 31.8 Å². The number of rotatable bonds is 5. The molecule has 19 heavy (non-hydrogen) atoms. The molecule has 2 heterocycles. The molecule has 8 heteroatoms. The molecule has 0 aliphatic carbocycles. The summed E-state index contributed by atoms with van der Waals surface area (Å²) in [6.07, 6.45) is 2.32. The van der Waals surface area contributed by atoms with Crippen LogP contribution in [0, 0.1) is 0 Å². The molecule has 1 aliphatic rings. The van der Waals surface area contributed by atoms with Crippen molar-refractivity contribution in [3.63, 3.8) is 0 Å². The highest BCUT2D eigenvalue weighted by molar-refractivity contribution is 7.89. The first-order valence-electron chi connectivity index (χ1n) is 6.38. The van der Waals surface area contributed by atoms with Crippen LogP contribution in [0.4, 0.5) is 0 Å². The standard InChI is InChI=1S/C11H20N4O3S/c1-3-10-8-15(4-5-18-10)19(16,17)11-9(6-12-2)7-13-14-11/h7,10,12H,3-6,8H2,1-2H3,(H,13,14). The van der Waals surface area contributed by atoms with Gasteiger partial charge in [0.25, 0.3) is 10.0 Å². The Morgan fingerprint density at radius 1 is 1.63 bits per heavy atom. The lowest BCUT2D eigenvalue weighted by Gasteiger charge is -2.31. The number of H-pyrrole nitrogens is 1. The summed E-state index contributed by atoms with van der Waals surface area (Å²) >= 11 is 0. The summed E-state index contributed by atoms with van der Waals surface area (Å²) < 4.78 is 32.1. The minimum atomic E-state index is -3.52. The fourth-order valence-electron chi connectivity index (χ4n) is 2.13. The van der Waals surface area contributed by atoms with Gasteiger partial charge in [0.2, 0.25) is 0 Å². The monoisotopic (exact) mass is 288 g/mol. The number of aromatic amines is 1. The third-order valence-corrected chi connectivity index (χ3v) is 5.08. The molecule has 1 saturated heterocycles. The Morgan fingerprint density at radius 2 is 2.42 bits per heavy atom. The molecule has 0 saturated carbocycles. The van der Waals surface area contributed by atoms with Crippen LogP contribution < -0.4 is 5.32 Å². The summed E-state index contributed by atoms with van der Waals surface area (Å²) in [6.45, 7) is 3.68. The second-order valence-corrected chi connectivity index (χ2v) is 6.39. The van der Waals surface area contributed by atoms with Crippen molar-refractivity contribution < 1.29 is 13.2 Å². The molecule has 1 atom stereocenters. The third-order valence-electron chi connectivity index (χ3n) is 3.20. The van der Waals surface area contributed by atoms with E-state index in [1.165, 1.54) is 4.31 Å². The summed E-state index contributed by atoms with van der Waals surface area (Å²) in [5.74, 6) is 0. The lowest BCUT2D eigenvalue weighted by molar-refractivity contribution is -0.00286. The largest absolute Gasteiger partial charge is 0.375 e. The van der Waals surface area contributed by atoms with E-state index in [1.54, 1.807) is 13.2 Å². The Morgan fingerprint density at radius 3 is 3.11 bits per heavy atom. The van der Waals surface area contributed by atoms with E-state index in [9.17, 15) is 8.42 Å². The summed E-state index contributed by atoms with van der Waals surface area (Å²) in [6, 6.07) is 0. The molecule has 1 aromatic rings. The first-order chi connectivity index (χ1) is 9.09. The third kappa shape index (κ3) is 2.97. The fourth-order valence-corrected chi connectivity index (χ4v) is 3.69. The summed E-state index contributed by atoms with van der Waals surface area (Å²) in [5, 5.41) is 9.56. The van der Waals surface area contributed by atoms with Crippen molar-refractivity contribution in [1.82, 2.24) is 19.8 Å². The van der Waals surface area contributed by atoms with Gasteiger partial charge in [-0.1, -0.05) is 6.92 Å². The van der Waals surface area contributed by atoms with Crippen LogP contribution in [0.3, 0.4) is 0 Å². The van der Waals surface area contributed by atoms with E-state index in [4.69, 9.17) is 4.74 Å². The molecule has 1 aliphatic heterocycles. The van der Waals surface area contributed by atoms with Gasteiger partial charge in [-0.05, 0) is 13.5 Å². The lowest BCUT2D eigenvalue weighted by Crippen LogP contribution is -2.45. The zero-order valence-corrected chi connectivity index (χ0v) is 12.0. The smallest absolute Gasteiger partial charge is 0.260 e. The molecule has 7 nitrogen and oxygen atoms in total. The van der Waals surface area contributed by atoms with Crippen molar-refractivity contribution in [1.29, 1.82) is 0 Å². The van der Waals surface area contributed by atoms with Crippen LogP contribution in [-0.4, -0.2) is 55.8 Å². The molecule has 0 amide bonds. The highest BCUT2D eigenvalue weighted by atomic mass is 32.2. The van der Waals surface area contributed by atoms with Crippen LogP contribution in [0.2, 0.25) is 0 Å². The van der Waals surface area contributed by atoms with E-state index in [2.05, 4.69) is 15.5 Å². The quantitative estimate of drug-likeness (QED) is 0.792. The van der Waals surface area contributed by atoms with Crippen LogP contribution in [0.1, 0.15) is 18.9 Å². The average Bonchev–Trinajstić information content (AvgIpc) is 2.88. The van der Waals surface area contributed by atoms with Gasteiger partial charge in [-0.3, -0.25) is 5.10 Å². The number of sulfonamides is 1.